The average Bonchev–Trinajstić information content (AvgIpc) is 2.56. The van der Waals surface area contributed by atoms with Gasteiger partial charge in [-0.3, -0.25) is 9.59 Å². The van der Waals surface area contributed by atoms with Gasteiger partial charge in [0.15, 0.2) is 0 Å². The summed E-state index contributed by atoms with van der Waals surface area (Å²) in [5, 5.41) is 20.1. The largest absolute Gasteiger partial charge is 0.481 e. The van der Waals surface area contributed by atoms with Crippen molar-refractivity contribution >= 4 is 11.9 Å². The predicted octanol–water partition coefficient (Wildman–Crippen LogP) is 2.43. The van der Waals surface area contributed by atoms with Gasteiger partial charge >= 0.3 is 5.97 Å². The van der Waals surface area contributed by atoms with Gasteiger partial charge in [0.2, 0.25) is 5.91 Å². The van der Waals surface area contributed by atoms with Crippen LogP contribution in [0.4, 0.5) is 0 Å². The second kappa shape index (κ2) is 6.93. The summed E-state index contributed by atoms with van der Waals surface area (Å²) in [6.45, 7) is 6.07. The maximum absolute atomic E-state index is 13.0. The van der Waals surface area contributed by atoms with Crippen molar-refractivity contribution in [3.05, 3.63) is 35.9 Å². The molecule has 0 saturated carbocycles. The molecule has 1 amide bonds. The Balaban J connectivity index is 2.18. The summed E-state index contributed by atoms with van der Waals surface area (Å²) >= 11 is 0. The molecule has 132 valence electrons. The van der Waals surface area contributed by atoms with Crippen molar-refractivity contribution in [2.75, 3.05) is 13.1 Å². The molecule has 1 aromatic carbocycles. The first-order valence-electron chi connectivity index (χ1n) is 8.52. The van der Waals surface area contributed by atoms with Crippen LogP contribution in [0.1, 0.15) is 45.6 Å². The number of carbonyl (C=O) groups is 2. The summed E-state index contributed by atoms with van der Waals surface area (Å²) in [4.78, 5) is 26.3. The summed E-state index contributed by atoms with van der Waals surface area (Å²) < 4.78 is 0. The van der Waals surface area contributed by atoms with Crippen LogP contribution < -0.4 is 0 Å². The molecule has 1 saturated heterocycles. The van der Waals surface area contributed by atoms with Crippen molar-refractivity contribution in [3.63, 3.8) is 0 Å². The normalized spacial score (nSPS) is 24.7. The van der Waals surface area contributed by atoms with E-state index >= 15 is 0 Å². The number of hydrogen-bond acceptors (Lipinski definition) is 3. The van der Waals surface area contributed by atoms with Crippen molar-refractivity contribution in [3.8, 4) is 0 Å². The Morgan fingerprint density at radius 3 is 2.42 bits per heavy atom. The van der Waals surface area contributed by atoms with Crippen molar-refractivity contribution in [2.24, 2.45) is 5.41 Å². The second-order valence-corrected chi connectivity index (χ2v) is 7.22. The Kier molecular flexibility index (Phi) is 5.33. The van der Waals surface area contributed by atoms with E-state index in [9.17, 15) is 19.8 Å². The van der Waals surface area contributed by atoms with Gasteiger partial charge < -0.3 is 15.1 Å². The van der Waals surface area contributed by atoms with E-state index in [0.29, 0.717) is 19.4 Å². The quantitative estimate of drug-likeness (QED) is 0.867. The number of nitrogens with zero attached hydrogens (tertiary/aromatic N) is 1. The number of carbonyl (C=O) groups excluding carboxylic acids is 1. The summed E-state index contributed by atoms with van der Waals surface area (Å²) in [5.74, 6) is -1.05. The van der Waals surface area contributed by atoms with Crippen LogP contribution in [-0.2, 0) is 15.0 Å². The number of β-amino-alcohol motifs (C(OH)–C–C–N with tert-alkyl or cyclic N) is 1. The van der Waals surface area contributed by atoms with Crippen LogP contribution in [0.25, 0.3) is 0 Å². The fourth-order valence-corrected chi connectivity index (χ4v) is 3.63. The fraction of sp³-hybridized carbons (Fsp3) is 0.579. The average molecular weight is 333 g/mol. The summed E-state index contributed by atoms with van der Waals surface area (Å²) in [5.41, 5.74) is -0.940. The molecule has 1 heterocycles. The maximum atomic E-state index is 13.0. The molecule has 1 aromatic rings. The highest BCUT2D eigenvalue weighted by atomic mass is 16.4. The number of aliphatic carboxylic acids is 1. The zero-order chi connectivity index (χ0) is 18.0. The van der Waals surface area contributed by atoms with E-state index in [1.54, 1.807) is 4.90 Å². The van der Waals surface area contributed by atoms with Crippen molar-refractivity contribution < 1.29 is 19.8 Å². The lowest BCUT2D eigenvalue weighted by molar-refractivity contribution is -0.168. The minimum Gasteiger partial charge on any atom is -0.481 e. The van der Waals surface area contributed by atoms with E-state index in [4.69, 9.17) is 0 Å². The van der Waals surface area contributed by atoms with Gasteiger partial charge in [-0.25, -0.2) is 0 Å². The van der Waals surface area contributed by atoms with Crippen LogP contribution in [0.5, 0.6) is 0 Å². The molecular formula is C19H27NO4. The number of rotatable bonds is 5. The molecule has 5 heteroatoms. The Hall–Kier alpha value is -1.88. The van der Waals surface area contributed by atoms with Crippen LogP contribution >= 0.6 is 0 Å². The molecule has 2 atom stereocenters. The maximum Gasteiger partial charge on any atom is 0.312 e. The minimum atomic E-state index is -1.14. The molecule has 0 radical (unpaired) electrons. The number of amides is 1. The van der Waals surface area contributed by atoms with Crippen molar-refractivity contribution in [1.29, 1.82) is 0 Å². The van der Waals surface area contributed by atoms with E-state index in [1.807, 2.05) is 51.1 Å². The van der Waals surface area contributed by atoms with Gasteiger partial charge in [0.05, 0.1) is 16.9 Å². The Morgan fingerprint density at radius 2 is 1.92 bits per heavy atom. The lowest BCUT2D eigenvalue weighted by atomic mass is 9.72. The topological polar surface area (TPSA) is 77.8 Å². The lowest BCUT2D eigenvalue weighted by Gasteiger charge is -2.44. The molecule has 0 bridgehead atoms. The monoisotopic (exact) mass is 333 g/mol. The second-order valence-electron chi connectivity index (χ2n) is 7.22. The van der Waals surface area contributed by atoms with Crippen molar-refractivity contribution in [1.82, 2.24) is 4.90 Å². The smallest absolute Gasteiger partial charge is 0.312 e. The van der Waals surface area contributed by atoms with Gasteiger partial charge in [0.25, 0.3) is 0 Å². The van der Waals surface area contributed by atoms with Crippen LogP contribution in [-0.4, -0.2) is 46.2 Å². The lowest BCUT2D eigenvalue weighted by Crippen LogP contribution is -2.58. The first-order valence-corrected chi connectivity index (χ1v) is 8.52. The number of likely N-dealkylation sites (tertiary alicyclic amines) is 1. The number of benzene rings is 1. The number of hydrogen-bond donors (Lipinski definition) is 2. The molecule has 1 aliphatic rings. The Bertz CT molecular complexity index is 599. The number of piperidine rings is 1. The highest BCUT2D eigenvalue weighted by molar-refractivity contribution is 5.88. The van der Waals surface area contributed by atoms with E-state index in [2.05, 4.69) is 0 Å². The van der Waals surface area contributed by atoms with Crippen LogP contribution in [0, 0.1) is 5.41 Å². The predicted molar refractivity (Wildman–Crippen MR) is 91.6 cm³/mol. The molecule has 0 aliphatic carbocycles. The molecular weight excluding hydrogens is 306 g/mol. The van der Waals surface area contributed by atoms with Gasteiger partial charge in [0, 0.05) is 13.1 Å². The van der Waals surface area contributed by atoms with Crippen molar-refractivity contribution in [2.45, 2.75) is 51.6 Å². The zero-order valence-electron chi connectivity index (χ0n) is 14.7. The molecule has 1 aliphatic heterocycles. The molecule has 24 heavy (non-hydrogen) atoms. The van der Waals surface area contributed by atoms with E-state index < -0.39 is 22.9 Å². The molecule has 0 unspecified atom stereocenters. The third kappa shape index (κ3) is 3.18. The number of aliphatic hydroxyl groups is 1. The molecule has 2 rings (SSSR count). The third-order valence-corrected chi connectivity index (χ3v) is 5.30. The van der Waals surface area contributed by atoms with Crippen LogP contribution in [0.2, 0.25) is 0 Å². The highest BCUT2D eigenvalue weighted by Crippen LogP contribution is 2.38. The van der Waals surface area contributed by atoms with Crippen LogP contribution in [0.15, 0.2) is 30.3 Å². The first-order chi connectivity index (χ1) is 11.3. The van der Waals surface area contributed by atoms with E-state index in [0.717, 1.165) is 5.56 Å². The third-order valence-electron chi connectivity index (χ3n) is 5.30. The van der Waals surface area contributed by atoms with E-state index in [-0.39, 0.29) is 18.9 Å². The highest BCUT2D eigenvalue weighted by Gasteiger charge is 2.49. The summed E-state index contributed by atoms with van der Waals surface area (Å²) in [6, 6.07) is 9.52. The van der Waals surface area contributed by atoms with Gasteiger partial charge in [-0.1, -0.05) is 43.7 Å². The Morgan fingerprint density at radius 1 is 1.29 bits per heavy atom. The fourth-order valence-electron chi connectivity index (χ4n) is 3.63. The van der Waals surface area contributed by atoms with Crippen LogP contribution in [0.3, 0.4) is 0 Å². The minimum absolute atomic E-state index is 0.0708. The number of carboxylic acids is 1. The summed E-state index contributed by atoms with van der Waals surface area (Å²) in [7, 11) is 0. The number of aliphatic hydroxyl groups excluding tert-OH is 1. The molecule has 5 nitrogen and oxygen atoms in total. The number of carboxylic acid groups (broad SMARTS) is 1. The van der Waals surface area contributed by atoms with E-state index in [1.165, 1.54) is 0 Å². The van der Waals surface area contributed by atoms with Gasteiger partial charge in [-0.15, -0.1) is 0 Å². The van der Waals surface area contributed by atoms with Gasteiger partial charge in [-0.05, 0) is 32.3 Å². The Labute approximate surface area is 143 Å². The standard InChI is InChI=1S/C19H27NO4/c1-4-10-19(17(23)24)11-12-20(13-15(19)21)16(22)18(2,3)14-8-6-5-7-9-14/h5-9,15,21H,4,10-13H2,1-3H3,(H,23,24)/t15-,19+/m1/s1. The first kappa shape index (κ1) is 18.5. The molecule has 0 spiro atoms. The molecule has 2 N–H and O–H groups in total. The molecule has 0 aromatic heterocycles. The van der Waals surface area contributed by atoms with Gasteiger partial charge in [0.1, 0.15) is 0 Å². The zero-order valence-corrected chi connectivity index (χ0v) is 14.7. The van der Waals surface area contributed by atoms with Gasteiger partial charge in [-0.2, -0.15) is 0 Å². The molecule has 1 fully saturated rings. The SMILES string of the molecule is CCC[C@]1(C(=O)O)CCN(C(=O)C(C)(C)c2ccccc2)C[C@H]1O. The summed E-state index contributed by atoms with van der Waals surface area (Å²) in [6.07, 6.45) is 0.355.